The zero-order chi connectivity index (χ0) is 21.1. The third-order valence-electron chi connectivity index (χ3n) is 8.33. The van der Waals surface area contributed by atoms with E-state index in [0.717, 1.165) is 17.5 Å². The summed E-state index contributed by atoms with van der Waals surface area (Å²) in [4.78, 5) is 0. The molecule has 2 saturated carbocycles. The van der Waals surface area contributed by atoms with Crippen LogP contribution in [0.15, 0.2) is 97.1 Å². The number of rotatable bonds is 3. The maximum absolute atomic E-state index is 3.66. The number of hydrogen-bond donors (Lipinski definition) is 1. The molecule has 1 spiro atoms. The number of benzene rings is 4. The molecule has 3 unspecified atom stereocenters. The SMILES string of the molecule is c1ccc(-c2ccc(Nc3ccc4c(c3)-c3ccccc3C43CC4CCC3C4)cc2)cc1. The molecule has 32 heavy (non-hydrogen) atoms. The summed E-state index contributed by atoms with van der Waals surface area (Å²) >= 11 is 0. The summed E-state index contributed by atoms with van der Waals surface area (Å²) in [5, 5.41) is 3.66. The van der Waals surface area contributed by atoms with Gasteiger partial charge in [-0.05, 0) is 88.7 Å². The average molecular weight is 414 g/mol. The van der Waals surface area contributed by atoms with E-state index in [4.69, 9.17) is 0 Å². The Morgan fingerprint density at radius 3 is 2.12 bits per heavy atom. The molecule has 1 heteroatoms. The topological polar surface area (TPSA) is 12.0 Å². The van der Waals surface area contributed by atoms with E-state index >= 15 is 0 Å². The lowest BCUT2D eigenvalue weighted by Gasteiger charge is -2.36. The van der Waals surface area contributed by atoms with Crippen LogP contribution in [0, 0.1) is 11.8 Å². The number of fused-ring (bicyclic) bond motifs is 8. The van der Waals surface area contributed by atoms with E-state index in [2.05, 4.69) is 102 Å². The Hall–Kier alpha value is -3.32. The fraction of sp³-hybridized carbons (Fsp3) is 0.226. The molecule has 2 fully saturated rings. The van der Waals surface area contributed by atoms with Crippen molar-refractivity contribution < 1.29 is 0 Å². The first-order valence-corrected chi connectivity index (χ1v) is 12.0. The maximum atomic E-state index is 3.66. The normalized spacial score (nSPS) is 24.5. The molecule has 7 rings (SSSR count). The first kappa shape index (κ1) is 18.3. The zero-order valence-corrected chi connectivity index (χ0v) is 18.2. The van der Waals surface area contributed by atoms with Crippen LogP contribution >= 0.6 is 0 Å². The molecule has 3 aliphatic rings. The Kier molecular flexibility index (Phi) is 3.90. The molecule has 0 aromatic heterocycles. The Balaban J connectivity index is 1.24. The number of nitrogens with one attached hydrogen (secondary N) is 1. The molecule has 3 atom stereocenters. The fourth-order valence-electron chi connectivity index (χ4n) is 7.02. The van der Waals surface area contributed by atoms with Crippen molar-refractivity contribution in [3.05, 3.63) is 108 Å². The Morgan fingerprint density at radius 1 is 0.625 bits per heavy atom. The molecule has 4 aromatic rings. The van der Waals surface area contributed by atoms with Crippen LogP contribution in [-0.4, -0.2) is 0 Å². The summed E-state index contributed by atoms with van der Waals surface area (Å²) in [6, 6.07) is 35.6. The van der Waals surface area contributed by atoms with Crippen molar-refractivity contribution in [1.29, 1.82) is 0 Å². The third-order valence-corrected chi connectivity index (χ3v) is 8.33. The van der Waals surface area contributed by atoms with Crippen molar-refractivity contribution in [2.24, 2.45) is 11.8 Å². The highest BCUT2D eigenvalue weighted by atomic mass is 14.9. The van der Waals surface area contributed by atoms with Crippen molar-refractivity contribution in [3.63, 3.8) is 0 Å². The molecule has 0 heterocycles. The second-order valence-corrected chi connectivity index (χ2v) is 9.93. The highest BCUT2D eigenvalue weighted by molar-refractivity contribution is 5.84. The molecule has 0 amide bonds. The average Bonchev–Trinajstić information content (AvgIpc) is 3.54. The lowest BCUT2D eigenvalue weighted by atomic mass is 9.67. The zero-order valence-electron chi connectivity index (χ0n) is 18.2. The molecule has 4 aromatic carbocycles. The predicted octanol–water partition coefficient (Wildman–Crippen LogP) is 8.18. The van der Waals surface area contributed by atoms with Crippen molar-refractivity contribution in [2.45, 2.75) is 31.1 Å². The van der Waals surface area contributed by atoms with Crippen molar-refractivity contribution in [2.75, 3.05) is 5.32 Å². The second kappa shape index (κ2) is 6.84. The molecule has 3 aliphatic carbocycles. The van der Waals surface area contributed by atoms with Crippen LogP contribution < -0.4 is 5.32 Å². The van der Waals surface area contributed by atoms with E-state index in [1.165, 1.54) is 53.6 Å². The van der Waals surface area contributed by atoms with Crippen LogP contribution in [-0.2, 0) is 5.41 Å². The molecular formula is C31H27N. The van der Waals surface area contributed by atoms with Crippen LogP contribution in [0.2, 0.25) is 0 Å². The Bertz CT molecular complexity index is 1300. The largest absolute Gasteiger partial charge is 0.356 e. The van der Waals surface area contributed by atoms with Crippen LogP contribution in [0.5, 0.6) is 0 Å². The molecule has 0 aliphatic heterocycles. The van der Waals surface area contributed by atoms with Gasteiger partial charge < -0.3 is 5.32 Å². The van der Waals surface area contributed by atoms with Gasteiger partial charge in [-0.1, -0.05) is 79.2 Å². The molecular weight excluding hydrogens is 386 g/mol. The Labute approximate surface area is 190 Å². The highest BCUT2D eigenvalue weighted by Gasteiger charge is 2.56. The summed E-state index contributed by atoms with van der Waals surface area (Å²) < 4.78 is 0. The summed E-state index contributed by atoms with van der Waals surface area (Å²) in [6.45, 7) is 0. The second-order valence-electron chi connectivity index (χ2n) is 9.93. The maximum Gasteiger partial charge on any atom is 0.0390 e. The van der Waals surface area contributed by atoms with Gasteiger partial charge in [0, 0.05) is 16.8 Å². The van der Waals surface area contributed by atoms with Crippen LogP contribution in [0.4, 0.5) is 11.4 Å². The molecule has 1 N–H and O–H groups in total. The summed E-state index contributed by atoms with van der Waals surface area (Å²) in [5.41, 5.74) is 11.1. The van der Waals surface area contributed by atoms with Gasteiger partial charge in [-0.3, -0.25) is 0 Å². The fourth-order valence-corrected chi connectivity index (χ4v) is 7.02. The minimum absolute atomic E-state index is 0.269. The van der Waals surface area contributed by atoms with E-state index in [-0.39, 0.29) is 5.41 Å². The van der Waals surface area contributed by atoms with Crippen molar-refractivity contribution in [3.8, 4) is 22.3 Å². The van der Waals surface area contributed by atoms with Gasteiger partial charge in [-0.25, -0.2) is 0 Å². The molecule has 156 valence electrons. The molecule has 0 radical (unpaired) electrons. The van der Waals surface area contributed by atoms with Gasteiger partial charge in [0.25, 0.3) is 0 Å². The van der Waals surface area contributed by atoms with Crippen molar-refractivity contribution in [1.82, 2.24) is 0 Å². The van der Waals surface area contributed by atoms with Crippen LogP contribution in [0.1, 0.15) is 36.8 Å². The first-order chi connectivity index (χ1) is 15.8. The van der Waals surface area contributed by atoms with Gasteiger partial charge in [0.1, 0.15) is 0 Å². The van der Waals surface area contributed by atoms with Crippen LogP contribution in [0.25, 0.3) is 22.3 Å². The quantitative estimate of drug-likeness (QED) is 0.357. The van der Waals surface area contributed by atoms with Gasteiger partial charge in [0.15, 0.2) is 0 Å². The van der Waals surface area contributed by atoms with E-state index < -0.39 is 0 Å². The standard InChI is InChI=1S/C31H27N/c1-2-6-22(7-3-1)23-11-14-25(15-12-23)32-26-16-17-30-28(19-26)27-8-4-5-9-29(27)31(30)20-21-10-13-24(31)18-21/h1-9,11-12,14-17,19,21,24,32H,10,13,18,20H2. The van der Waals surface area contributed by atoms with Crippen LogP contribution in [0.3, 0.4) is 0 Å². The van der Waals surface area contributed by atoms with E-state index in [9.17, 15) is 0 Å². The number of hydrogen-bond acceptors (Lipinski definition) is 1. The minimum Gasteiger partial charge on any atom is -0.356 e. The lowest BCUT2D eigenvalue weighted by molar-refractivity contribution is 0.327. The van der Waals surface area contributed by atoms with E-state index in [0.29, 0.717) is 0 Å². The Morgan fingerprint density at radius 2 is 1.34 bits per heavy atom. The molecule has 1 nitrogen and oxygen atoms in total. The third kappa shape index (κ3) is 2.57. The lowest BCUT2D eigenvalue weighted by Crippen LogP contribution is -2.31. The van der Waals surface area contributed by atoms with E-state index in [1.807, 2.05) is 0 Å². The van der Waals surface area contributed by atoms with Gasteiger partial charge in [-0.15, -0.1) is 0 Å². The van der Waals surface area contributed by atoms with Gasteiger partial charge in [-0.2, -0.15) is 0 Å². The first-order valence-electron chi connectivity index (χ1n) is 12.0. The minimum atomic E-state index is 0.269. The van der Waals surface area contributed by atoms with E-state index in [1.54, 1.807) is 11.1 Å². The summed E-state index contributed by atoms with van der Waals surface area (Å²) in [7, 11) is 0. The van der Waals surface area contributed by atoms with Gasteiger partial charge in [0.05, 0.1) is 0 Å². The van der Waals surface area contributed by atoms with Crippen molar-refractivity contribution >= 4 is 11.4 Å². The monoisotopic (exact) mass is 413 g/mol. The summed E-state index contributed by atoms with van der Waals surface area (Å²) in [6.07, 6.45) is 5.59. The molecule has 0 saturated heterocycles. The predicted molar refractivity (Wildman–Crippen MR) is 133 cm³/mol. The van der Waals surface area contributed by atoms with Gasteiger partial charge in [0.2, 0.25) is 0 Å². The highest BCUT2D eigenvalue weighted by Crippen LogP contribution is 2.65. The number of anilines is 2. The smallest absolute Gasteiger partial charge is 0.0390 e. The summed E-state index contributed by atoms with van der Waals surface area (Å²) in [5.74, 6) is 1.74. The van der Waals surface area contributed by atoms with Gasteiger partial charge >= 0.3 is 0 Å². The molecule has 2 bridgehead atoms.